The molecule has 0 fully saturated rings. The van der Waals surface area contributed by atoms with Crippen LogP contribution in [0.1, 0.15) is 30.5 Å². The number of benzene rings is 3. The molecule has 220 valence electrons. The molecule has 0 unspecified atom stereocenters. The van der Waals surface area contributed by atoms with Crippen molar-refractivity contribution < 1.29 is 18.4 Å². The quantitative estimate of drug-likeness (QED) is 0.126. The molecule has 1 heterocycles. The van der Waals surface area contributed by atoms with Gasteiger partial charge in [-0.2, -0.15) is 4.68 Å². The Morgan fingerprint density at radius 3 is 2.43 bits per heavy atom. The van der Waals surface area contributed by atoms with E-state index in [-0.39, 0.29) is 18.1 Å². The predicted octanol–water partition coefficient (Wildman–Crippen LogP) is 5.93. The number of nitrogens with zero attached hydrogens (tertiary/aromatic N) is 4. The molecule has 2 N–H and O–H groups in total. The van der Waals surface area contributed by atoms with Crippen molar-refractivity contribution in [3.8, 4) is 5.69 Å². The first kappa shape index (κ1) is 31.1. The normalized spacial score (nSPS) is 12.4. The van der Waals surface area contributed by atoms with Crippen LogP contribution in [0.4, 0.5) is 5.69 Å². The third-order valence-corrected chi connectivity index (χ3v) is 8.50. The lowest BCUT2D eigenvalue weighted by atomic mass is 10.1. The van der Waals surface area contributed by atoms with Gasteiger partial charge < -0.3 is 19.7 Å². The zero-order chi connectivity index (χ0) is 29.8. The van der Waals surface area contributed by atoms with Crippen molar-refractivity contribution in [2.24, 2.45) is 0 Å². The van der Waals surface area contributed by atoms with E-state index in [1.165, 1.54) is 17.1 Å². The SMILES string of the molecule is CCOP(=O)(Cc1ccc(NC[C@H](Cc2ccccc2)NC(=O)/C=C/c2cc(Cl)ccc2-n2cnnn2)cc1)OCC. The maximum Gasteiger partial charge on any atom is 0.335 e. The maximum absolute atomic E-state index is 13.0. The van der Waals surface area contributed by atoms with Gasteiger partial charge in [0, 0.05) is 28.9 Å². The summed E-state index contributed by atoms with van der Waals surface area (Å²) in [6.45, 7) is 4.71. The highest BCUT2D eigenvalue weighted by molar-refractivity contribution is 7.53. The molecule has 12 heteroatoms. The number of carbonyl (C=O) groups excluding carboxylic acids is 1. The summed E-state index contributed by atoms with van der Waals surface area (Å²) in [5, 5.41) is 18.3. The Hall–Kier alpha value is -3.82. The fourth-order valence-electron chi connectivity index (χ4n) is 4.34. The topological polar surface area (TPSA) is 120 Å². The molecule has 3 aromatic carbocycles. The monoisotopic (exact) mass is 608 g/mol. The minimum atomic E-state index is -3.18. The molecule has 1 atom stereocenters. The van der Waals surface area contributed by atoms with Crippen LogP contribution in [0.5, 0.6) is 0 Å². The molecule has 0 bridgehead atoms. The molecule has 0 aliphatic heterocycles. The molecular formula is C30H34ClN6O4P. The number of hydrogen-bond donors (Lipinski definition) is 2. The van der Waals surface area contributed by atoms with Gasteiger partial charge in [0.2, 0.25) is 5.91 Å². The van der Waals surface area contributed by atoms with Gasteiger partial charge in [-0.05, 0) is 78.2 Å². The fourth-order valence-corrected chi connectivity index (χ4v) is 6.22. The number of amides is 1. The average Bonchev–Trinajstić information content (AvgIpc) is 3.51. The Balaban J connectivity index is 1.43. The van der Waals surface area contributed by atoms with E-state index in [0.717, 1.165) is 16.8 Å². The van der Waals surface area contributed by atoms with Gasteiger partial charge in [-0.1, -0.05) is 54.1 Å². The van der Waals surface area contributed by atoms with Crippen LogP contribution in [0.3, 0.4) is 0 Å². The lowest BCUT2D eigenvalue weighted by Crippen LogP contribution is -2.40. The van der Waals surface area contributed by atoms with Crippen LogP contribution in [-0.4, -0.2) is 51.9 Å². The number of nitrogens with one attached hydrogen (secondary N) is 2. The summed E-state index contributed by atoms with van der Waals surface area (Å²) in [6, 6.07) is 22.7. The summed E-state index contributed by atoms with van der Waals surface area (Å²) in [6.07, 6.45) is 5.47. The Kier molecular flexibility index (Phi) is 11.4. The number of aromatic nitrogens is 4. The van der Waals surface area contributed by atoms with Gasteiger partial charge in [0.25, 0.3) is 0 Å². The first-order valence-corrected chi connectivity index (χ1v) is 15.7. The van der Waals surface area contributed by atoms with Gasteiger partial charge in [-0.15, -0.1) is 5.10 Å². The van der Waals surface area contributed by atoms with E-state index in [9.17, 15) is 9.36 Å². The third kappa shape index (κ3) is 9.36. The number of tetrazole rings is 1. The Bertz CT molecular complexity index is 1490. The molecule has 10 nitrogen and oxygen atoms in total. The molecule has 0 saturated heterocycles. The third-order valence-electron chi connectivity index (χ3n) is 6.21. The first-order chi connectivity index (χ1) is 20.4. The van der Waals surface area contributed by atoms with Crippen LogP contribution in [0, 0.1) is 0 Å². The number of hydrogen-bond acceptors (Lipinski definition) is 8. The lowest BCUT2D eigenvalue weighted by molar-refractivity contribution is -0.117. The Morgan fingerprint density at radius 2 is 1.76 bits per heavy atom. The average molecular weight is 609 g/mol. The van der Waals surface area contributed by atoms with Crippen molar-refractivity contribution in [3.63, 3.8) is 0 Å². The number of anilines is 1. The second-order valence-electron chi connectivity index (χ2n) is 9.37. The van der Waals surface area contributed by atoms with E-state index in [2.05, 4.69) is 26.2 Å². The molecule has 0 saturated carbocycles. The highest BCUT2D eigenvalue weighted by atomic mass is 35.5. The van der Waals surface area contributed by atoms with Crippen LogP contribution in [-0.2, 0) is 31.0 Å². The largest absolute Gasteiger partial charge is 0.383 e. The molecule has 42 heavy (non-hydrogen) atoms. The van der Waals surface area contributed by atoms with Crippen LogP contribution < -0.4 is 10.6 Å². The van der Waals surface area contributed by atoms with Gasteiger partial charge in [0.05, 0.1) is 31.1 Å². The molecule has 1 aromatic heterocycles. The summed E-state index contributed by atoms with van der Waals surface area (Å²) in [5.41, 5.74) is 4.21. The summed E-state index contributed by atoms with van der Waals surface area (Å²) in [4.78, 5) is 13.0. The van der Waals surface area contributed by atoms with Crippen molar-refractivity contribution in [2.75, 3.05) is 25.1 Å². The van der Waals surface area contributed by atoms with E-state index in [1.54, 1.807) is 38.1 Å². The van der Waals surface area contributed by atoms with Crippen LogP contribution in [0.2, 0.25) is 5.02 Å². The van der Waals surface area contributed by atoms with Crippen LogP contribution in [0.25, 0.3) is 11.8 Å². The van der Waals surface area contributed by atoms with Crippen molar-refractivity contribution in [1.82, 2.24) is 25.5 Å². The summed E-state index contributed by atoms with van der Waals surface area (Å²) >= 11 is 6.21. The van der Waals surface area contributed by atoms with E-state index in [4.69, 9.17) is 20.6 Å². The molecule has 1 amide bonds. The molecule has 0 radical (unpaired) electrons. The number of rotatable bonds is 15. The van der Waals surface area contributed by atoms with Crippen molar-refractivity contribution in [1.29, 1.82) is 0 Å². The van der Waals surface area contributed by atoms with Crippen molar-refractivity contribution in [2.45, 2.75) is 32.5 Å². The van der Waals surface area contributed by atoms with E-state index in [1.807, 2.05) is 54.6 Å². The standard InChI is InChI=1S/C30H34ClN6O4P/c1-3-40-42(39,41-4-2)21-24-10-14-27(15-11-24)32-20-28(18-23-8-6-5-7-9-23)34-30(38)17-12-25-19-26(31)13-16-29(25)37-22-33-35-36-37/h5-17,19,22,28,32H,3-4,18,20-21H2,1-2H3,(H,34,38)/b17-12+/t28-/m0/s1. The van der Waals surface area contributed by atoms with Crippen LogP contribution in [0.15, 0.2) is 85.2 Å². The van der Waals surface area contributed by atoms with Gasteiger partial charge in [0.1, 0.15) is 6.33 Å². The van der Waals surface area contributed by atoms with Gasteiger partial charge in [0.15, 0.2) is 0 Å². The number of carbonyl (C=O) groups is 1. The zero-order valence-corrected chi connectivity index (χ0v) is 25.2. The summed E-state index contributed by atoms with van der Waals surface area (Å²) < 4.78 is 25.2. The number of halogens is 1. The molecule has 0 aliphatic rings. The zero-order valence-electron chi connectivity index (χ0n) is 23.5. The minimum Gasteiger partial charge on any atom is -0.383 e. The molecule has 4 aromatic rings. The van der Waals surface area contributed by atoms with Crippen molar-refractivity contribution >= 4 is 36.9 Å². The maximum atomic E-state index is 13.0. The van der Waals surface area contributed by atoms with Crippen LogP contribution >= 0.6 is 19.2 Å². The minimum absolute atomic E-state index is 0.204. The van der Waals surface area contributed by atoms with E-state index < -0.39 is 7.60 Å². The second-order valence-corrected chi connectivity index (χ2v) is 11.9. The molecule has 0 aliphatic carbocycles. The van der Waals surface area contributed by atoms with Gasteiger partial charge in [-0.3, -0.25) is 9.36 Å². The van der Waals surface area contributed by atoms with Gasteiger partial charge >= 0.3 is 7.60 Å². The van der Waals surface area contributed by atoms with E-state index >= 15 is 0 Å². The lowest BCUT2D eigenvalue weighted by Gasteiger charge is -2.20. The highest BCUT2D eigenvalue weighted by Crippen LogP contribution is 2.51. The smallest absolute Gasteiger partial charge is 0.335 e. The van der Waals surface area contributed by atoms with E-state index in [0.29, 0.717) is 42.5 Å². The summed E-state index contributed by atoms with van der Waals surface area (Å²) in [5.74, 6) is -0.252. The highest BCUT2D eigenvalue weighted by Gasteiger charge is 2.24. The molecule has 0 spiro atoms. The van der Waals surface area contributed by atoms with Crippen molar-refractivity contribution in [3.05, 3.63) is 107 Å². The fraction of sp³-hybridized carbons (Fsp3) is 0.267. The second kappa shape index (κ2) is 15.4. The molecular weight excluding hydrogens is 575 g/mol. The summed E-state index contributed by atoms with van der Waals surface area (Å²) in [7, 11) is -3.18. The Labute approximate surface area is 250 Å². The first-order valence-electron chi connectivity index (χ1n) is 13.6. The predicted molar refractivity (Wildman–Crippen MR) is 165 cm³/mol. The van der Waals surface area contributed by atoms with Gasteiger partial charge in [-0.25, -0.2) is 0 Å². The Morgan fingerprint density at radius 1 is 1.02 bits per heavy atom. The molecule has 4 rings (SSSR count).